The fraction of sp³-hybridized carbons (Fsp3) is 1.00. The van der Waals surface area contributed by atoms with Crippen LogP contribution in [0.3, 0.4) is 0 Å². The van der Waals surface area contributed by atoms with Gasteiger partial charge in [0.05, 0.1) is 0 Å². The molecule has 0 radical (unpaired) electrons. The summed E-state index contributed by atoms with van der Waals surface area (Å²) in [4.78, 5) is 2.59. The largest absolute Gasteiger partial charge is 0.316 e. The first-order valence-electron chi connectivity index (χ1n) is 7.19. The Hall–Kier alpha value is -0.0800. The molecule has 0 aromatic heterocycles. The smallest absolute Gasteiger partial charge is 0.00217 e. The lowest BCUT2D eigenvalue weighted by Crippen LogP contribution is -2.40. The Morgan fingerprint density at radius 1 is 1.38 bits per heavy atom. The molecular weight excluding hydrogens is 196 g/mol. The molecule has 0 bridgehead atoms. The van der Waals surface area contributed by atoms with Gasteiger partial charge in [-0.15, -0.1) is 0 Å². The summed E-state index contributed by atoms with van der Waals surface area (Å²) in [5, 5.41) is 3.66. The van der Waals surface area contributed by atoms with E-state index in [4.69, 9.17) is 0 Å². The molecule has 1 aliphatic rings. The lowest BCUT2D eigenvalue weighted by molar-refractivity contribution is 0.179. The molecule has 1 saturated heterocycles. The van der Waals surface area contributed by atoms with Crippen molar-refractivity contribution in [2.45, 2.75) is 46.5 Å². The molecular formula is C14H30N2. The third-order valence-corrected chi connectivity index (χ3v) is 3.76. The summed E-state index contributed by atoms with van der Waals surface area (Å²) in [7, 11) is 0. The van der Waals surface area contributed by atoms with Crippen LogP contribution in [0.2, 0.25) is 0 Å². The van der Waals surface area contributed by atoms with Crippen molar-refractivity contribution in [2.24, 2.45) is 11.8 Å². The molecule has 1 rings (SSSR count). The van der Waals surface area contributed by atoms with Crippen LogP contribution in [0.4, 0.5) is 0 Å². The normalized spacial score (nSPS) is 24.6. The van der Waals surface area contributed by atoms with Gasteiger partial charge in [0, 0.05) is 6.54 Å². The van der Waals surface area contributed by atoms with Crippen molar-refractivity contribution in [3.05, 3.63) is 0 Å². The van der Waals surface area contributed by atoms with Crippen LogP contribution < -0.4 is 5.32 Å². The number of rotatable bonds is 7. The van der Waals surface area contributed by atoms with Gasteiger partial charge in [-0.3, -0.25) is 0 Å². The Balaban J connectivity index is 2.08. The Morgan fingerprint density at radius 3 is 2.88 bits per heavy atom. The Morgan fingerprint density at radius 2 is 2.19 bits per heavy atom. The van der Waals surface area contributed by atoms with Crippen LogP contribution in [0.1, 0.15) is 46.5 Å². The SMILES string of the molecule is CCCC(C)CNCC1CCCN(CC)C1. The van der Waals surface area contributed by atoms with Crippen molar-refractivity contribution < 1.29 is 0 Å². The van der Waals surface area contributed by atoms with E-state index in [0.717, 1.165) is 11.8 Å². The number of hydrogen-bond donors (Lipinski definition) is 1. The van der Waals surface area contributed by atoms with E-state index in [0.29, 0.717) is 0 Å². The predicted octanol–water partition coefficient (Wildman–Crippen LogP) is 2.74. The van der Waals surface area contributed by atoms with Crippen LogP contribution >= 0.6 is 0 Å². The summed E-state index contributed by atoms with van der Waals surface area (Å²) < 4.78 is 0. The zero-order chi connectivity index (χ0) is 11.8. The molecule has 96 valence electrons. The zero-order valence-electron chi connectivity index (χ0n) is 11.5. The van der Waals surface area contributed by atoms with E-state index < -0.39 is 0 Å². The first kappa shape index (κ1) is 14.0. The molecule has 2 heteroatoms. The predicted molar refractivity (Wildman–Crippen MR) is 71.8 cm³/mol. The van der Waals surface area contributed by atoms with Gasteiger partial charge in [0.25, 0.3) is 0 Å². The summed E-state index contributed by atoms with van der Waals surface area (Å²) in [6.45, 7) is 13.2. The van der Waals surface area contributed by atoms with Crippen molar-refractivity contribution in [2.75, 3.05) is 32.7 Å². The first-order chi connectivity index (χ1) is 7.76. The summed E-state index contributed by atoms with van der Waals surface area (Å²) in [5.74, 6) is 1.73. The molecule has 1 aliphatic heterocycles. The molecule has 16 heavy (non-hydrogen) atoms. The maximum Gasteiger partial charge on any atom is 0.00217 e. The van der Waals surface area contributed by atoms with Crippen molar-refractivity contribution >= 4 is 0 Å². The molecule has 0 spiro atoms. The lowest BCUT2D eigenvalue weighted by atomic mass is 9.97. The van der Waals surface area contributed by atoms with Gasteiger partial charge in [-0.05, 0) is 57.3 Å². The second-order valence-corrected chi connectivity index (χ2v) is 5.45. The second-order valence-electron chi connectivity index (χ2n) is 5.45. The van der Waals surface area contributed by atoms with Crippen molar-refractivity contribution in [1.82, 2.24) is 10.2 Å². The quantitative estimate of drug-likeness (QED) is 0.718. The van der Waals surface area contributed by atoms with E-state index in [1.165, 1.54) is 58.4 Å². The highest BCUT2D eigenvalue weighted by molar-refractivity contribution is 4.74. The molecule has 2 nitrogen and oxygen atoms in total. The van der Waals surface area contributed by atoms with Gasteiger partial charge in [-0.1, -0.05) is 27.2 Å². The average Bonchev–Trinajstić information content (AvgIpc) is 2.30. The van der Waals surface area contributed by atoms with E-state index in [-0.39, 0.29) is 0 Å². The minimum absolute atomic E-state index is 0.843. The molecule has 2 unspecified atom stereocenters. The van der Waals surface area contributed by atoms with E-state index in [1.54, 1.807) is 0 Å². The topological polar surface area (TPSA) is 15.3 Å². The molecule has 1 fully saturated rings. The third-order valence-electron chi connectivity index (χ3n) is 3.76. The fourth-order valence-electron chi connectivity index (χ4n) is 2.73. The highest BCUT2D eigenvalue weighted by atomic mass is 15.1. The number of nitrogens with zero attached hydrogens (tertiary/aromatic N) is 1. The number of piperidine rings is 1. The highest BCUT2D eigenvalue weighted by Gasteiger charge is 2.18. The summed E-state index contributed by atoms with van der Waals surface area (Å²) >= 11 is 0. The maximum absolute atomic E-state index is 3.66. The Kier molecular flexibility index (Phi) is 7.06. The molecule has 1 N–H and O–H groups in total. The molecule has 0 aliphatic carbocycles. The minimum atomic E-state index is 0.843. The number of likely N-dealkylation sites (tertiary alicyclic amines) is 1. The van der Waals surface area contributed by atoms with Gasteiger partial charge in [0.1, 0.15) is 0 Å². The standard InChI is InChI=1S/C14H30N2/c1-4-7-13(3)10-15-11-14-8-6-9-16(5-2)12-14/h13-15H,4-12H2,1-3H3. The second kappa shape index (κ2) is 8.08. The molecule has 0 aromatic rings. The van der Waals surface area contributed by atoms with Crippen molar-refractivity contribution in [1.29, 1.82) is 0 Å². The van der Waals surface area contributed by atoms with Gasteiger partial charge in [-0.2, -0.15) is 0 Å². The minimum Gasteiger partial charge on any atom is -0.316 e. The lowest BCUT2D eigenvalue weighted by Gasteiger charge is -2.32. The van der Waals surface area contributed by atoms with Gasteiger partial charge < -0.3 is 10.2 Å². The molecule has 1 heterocycles. The van der Waals surface area contributed by atoms with Gasteiger partial charge in [-0.25, -0.2) is 0 Å². The van der Waals surface area contributed by atoms with Crippen LogP contribution in [-0.4, -0.2) is 37.6 Å². The van der Waals surface area contributed by atoms with Gasteiger partial charge >= 0.3 is 0 Å². The Labute approximate surface area is 102 Å². The third kappa shape index (κ3) is 5.31. The maximum atomic E-state index is 3.66. The Bertz CT molecular complexity index is 170. The fourth-order valence-corrected chi connectivity index (χ4v) is 2.73. The van der Waals surface area contributed by atoms with Gasteiger partial charge in [0.2, 0.25) is 0 Å². The number of hydrogen-bond acceptors (Lipinski definition) is 2. The first-order valence-corrected chi connectivity index (χ1v) is 7.19. The average molecular weight is 226 g/mol. The summed E-state index contributed by atoms with van der Waals surface area (Å²) in [6, 6.07) is 0. The van der Waals surface area contributed by atoms with E-state index in [9.17, 15) is 0 Å². The van der Waals surface area contributed by atoms with Crippen molar-refractivity contribution in [3.63, 3.8) is 0 Å². The van der Waals surface area contributed by atoms with Crippen LogP contribution in [0.25, 0.3) is 0 Å². The van der Waals surface area contributed by atoms with Gasteiger partial charge in [0.15, 0.2) is 0 Å². The molecule has 2 atom stereocenters. The van der Waals surface area contributed by atoms with E-state index >= 15 is 0 Å². The van der Waals surface area contributed by atoms with Crippen molar-refractivity contribution in [3.8, 4) is 0 Å². The van der Waals surface area contributed by atoms with E-state index in [2.05, 4.69) is 31.0 Å². The van der Waals surface area contributed by atoms with Crippen LogP contribution in [0, 0.1) is 11.8 Å². The van der Waals surface area contributed by atoms with Crippen LogP contribution in [0.5, 0.6) is 0 Å². The molecule has 0 amide bonds. The van der Waals surface area contributed by atoms with Crippen LogP contribution in [0.15, 0.2) is 0 Å². The van der Waals surface area contributed by atoms with Crippen LogP contribution in [-0.2, 0) is 0 Å². The monoisotopic (exact) mass is 226 g/mol. The van der Waals surface area contributed by atoms with E-state index in [1.807, 2.05) is 0 Å². The molecule has 0 saturated carbocycles. The zero-order valence-corrected chi connectivity index (χ0v) is 11.5. The molecule has 0 aromatic carbocycles. The highest BCUT2D eigenvalue weighted by Crippen LogP contribution is 2.15. The number of nitrogens with one attached hydrogen (secondary N) is 1. The summed E-state index contributed by atoms with van der Waals surface area (Å²) in [6.07, 6.45) is 5.49. The summed E-state index contributed by atoms with van der Waals surface area (Å²) in [5.41, 5.74) is 0.